The highest BCUT2D eigenvalue weighted by Crippen LogP contribution is 2.28. The number of aryl methyl sites for hydroxylation is 1. The molecule has 3 nitrogen and oxygen atoms in total. The van der Waals surface area contributed by atoms with Crippen LogP contribution >= 0.6 is 0 Å². The minimum atomic E-state index is 0.377. The third-order valence-corrected chi connectivity index (χ3v) is 2.97. The molecule has 0 spiro atoms. The van der Waals surface area contributed by atoms with Crippen LogP contribution in [0.25, 0.3) is 22.2 Å². The molecule has 0 aromatic carbocycles. The average Bonchev–Trinajstić information content (AvgIpc) is 2.87. The molecule has 3 aromatic rings. The first-order chi connectivity index (χ1) is 8.17. The molecule has 0 fully saturated rings. The van der Waals surface area contributed by atoms with Gasteiger partial charge in [0.15, 0.2) is 11.2 Å². The van der Waals surface area contributed by atoms with Gasteiger partial charge in [-0.25, -0.2) is 4.98 Å². The highest BCUT2D eigenvalue weighted by molar-refractivity contribution is 5.87. The number of rotatable bonds is 2. The third-order valence-electron chi connectivity index (χ3n) is 2.97. The molecule has 3 rings (SSSR count). The number of hydrogen-bond donors (Lipinski definition) is 0. The Balaban J connectivity index is 2.24. The van der Waals surface area contributed by atoms with Gasteiger partial charge in [0.25, 0.3) is 0 Å². The van der Waals surface area contributed by atoms with Crippen molar-refractivity contribution in [2.24, 2.45) is 0 Å². The molecule has 0 aliphatic heterocycles. The third kappa shape index (κ3) is 1.62. The maximum absolute atomic E-state index is 5.76. The van der Waals surface area contributed by atoms with Crippen LogP contribution in [0, 0.1) is 0 Å². The number of hydrogen-bond acceptors (Lipinski definition) is 3. The molecule has 0 unspecified atom stereocenters. The van der Waals surface area contributed by atoms with Crippen LogP contribution in [0.2, 0.25) is 0 Å². The van der Waals surface area contributed by atoms with Crippen molar-refractivity contribution in [2.45, 2.75) is 33.1 Å². The van der Waals surface area contributed by atoms with E-state index >= 15 is 0 Å². The molecular formula is C14H15NO2. The van der Waals surface area contributed by atoms with E-state index in [4.69, 9.17) is 8.83 Å². The first-order valence-corrected chi connectivity index (χ1v) is 6.00. The molecule has 0 aliphatic rings. The standard InChI is InChI=1S/C14H15NO2/c1-4-9-5-10-13(16-9)7-14-11(15-10)6-12(17-14)8(2)3/h5-8H,4H2,1-3H3. The lowest BCUT2D eigenvalue weighted by Crippen LogP contribution is -1.79. The molecule has 17 heavy (non-hydrogen) atoms. The zero-order chi connectivity index (χ0) is 12.0. The molecule has 0 atom stereocenters. The largest absolute Gasteiger partial charge is 0.459 e. The topological polar surface area (TPSA) is 39.2 Å². The van der Waals surface area contributed by atoms with Gasteiger partial charge in [0, 0.05) is 30.5 Å². The van der Waals surface area contributed by atoms with Crippen molar-refractivity contribution in [2.75, 3.05) is 0 Å². The van der Waals surface area contributed by atoms with Crippen molar-refractivity contribution in [3.63, 3.8) is 0 Å². The molecule has 3 aromatic heterocycles. The van der Waals surface area contributed by atoms with Crippen LogP contribution in [0.15, 0.2) is 27.0 Å². The van der Waals surface area contributed by atoms with E-state index in [1.165, 1.54) is 0 Å². The molecule has 3 heterocycles. The second-order valence-electron chi connectivity index (χ2n) is 4.62. The second kappa shape index (κ2) is 3.62. The van der Waals surface area contributed by atoms with E-state index in [0.29, 0.717) is 5.92 Å². The van der Waals surface area contributed by atoms with Gasteiger partial charge in [-0.3, -0.25) is 0 Å². The SMILES string of the molecule is CCc1cc2nc3cc(C(C)C)oc3cc2o1. The van der Waals surface area contributed by atoms with E-state index in [-0.39, 0.29) is 0 Å². The fraction of sp³-hybridized carbons (Fsp3) is 0.357. The lowest BCUT2D eigenvalue weighted by Gasteiger charge is -1.95. The van der Waals surface area contributed by atoms with Crippen molar-refractivity contribution in [1.29, 1.82) is 0 Å². The molecule has 3 heteroatoms. The second-order valence-corrected chi connectivity index (χ2v) is 4.62. The van der Waals surface area contributed by atoms with Crippen LogP contribution < -0.4 is 0 Å². The highest BCUT2D eigenvalue weighted by atomic mass is 16.3. The fourth-order valence-corrected chi connectivity index (χ4v) is 1.95. The van der Waals surface area contributed by atoms with Crippen LogP contribution in [-0.4, -0.2) is 4.98 Å². The van der Waals surface area contributed by atoms with E-state index in [2.05, 4.69) is 25.8 Å². The van der Waals surface area contributed by atoms with Crippen LogP contribution in [0.1, 0.15) is 38.2 Å². The van der Waals surface area contributed by atoms with Crippen LogP contribution in [0.4, 0.5) is 0 Å². The highest BCUT2D eigenvalue weighted by Gasteiger charge is 2.11. The van der Waals surface area contributed by atoms with Crippen LogP contribution in [-0.2, 0) is 6.42 Å². The monoisotopic (exact) mass is 229 g/mol. The number of nitrogens with zero attached hydrogens (tertiary/aromatic N) is 1. The number of fused-ring (bicyclic) bond motifs is 2. The van der Waals surface area contributed by atoms with Gasteiger partial charge in [0.1, 0.15) is 22.6 Å². The summed E-state index contributed by atoms with van der Waals surface area (Å²) in [6, 6.07) is 5.94. The minimum absolute atomic E-state index is 0.377. The maximum atomic E-state index is 5.76. The molecule has 0 amide bonds. The van der Waals surface area contributed by atoms with Gasteiger partial charge in [-0.1, -0.05) is 20.8 Å². The van der Waals surface area contributed by atoms with Crippen molar-refractivity contribution in [3.05, 3.63) is 29.7 Å². The molecule has 0 bridgehead atoms. The Morgan fingerprint density at radius 1 is 1.06 bits per heavy atom. The summed E-state index contributed by atoms with van der Waals surface area (Å²) in [6.45, 7) is 6.28. The average molecular weight is 229 g/mol. The zero-order valence-electron chi connectivity index (χ0n) is 10.3. The lowest BCUT2D eigenvalue weighted by molar-refractivity contribution is 0.520. The summed E-state index contributed by atoms with van der Waals surface area (Å²) in [4.78, 5) is 4.56. The van der Waals surface area contributed by atoms with Gasteiger partial charge >= 0.3 is 0 Å². The summed E-state index contributed by atoms with van der Waals surface area (Å²) < 4.78 is 11.4. The van der Waals surface area contributed by atoms with Gasteiger partial charge in [-0.05, 0) is 0 Å². The van der Waals surface area contributed by atoms with Gasteiger partial charge < -0.3 is 8.83 Å². The molecule has 88 valence electrons. The molecule has 0 saturated heterocycles. The summed E-state index contributed by atoms with van der Waals surface area (Å²) in [6.07, 6.45) is 0.884. The quantitative estimate of drug-likeness (QED) is 0.659. The van der Waals surface area contributed by atoms with Crippen molar-refractivity contribution in [1.82, 2.24) is 4.98 Å². The smallest absolute Gasteiger partial charge is 0.156 e. The Morgan fingerprint density at radius 2 is 1.76 bits per heavy atom. The minimum Gasteiger partial charge on any atom is -0.459 e. The van der Waals surface area contributed by atoms with Gasteiger partial charge in [0.2, 0.25) is 0 Å². The predicted molar refractivity (Wildman–Crippen MR) is 67.2 cm³/mol. The number of aromatic nitrogens is 1. The van der Waals surface area contributed by atoms with Crippen LogP contribution in [0.5, 0.6) is 0 Å². The molecule has 0 radical (unpaired) electrons. The Morgan fingerprint density at radius 3 is 2.47 bits per heavy atom. The molecule has 0 N–H and O–H groups in total. The van der Waals surface area contributed by atoms with Crippen molar-refractivity contribution >= 4 is 22.2 Å². The number of furan rings is 2. The molecule has 0 saturated carbocycles. The summed E-state index contributed by atoms with van der Waals surface area (Å²) in [5.74, 6) is 2.31. The lowest BCUT2D eigenvalue weighted by atomic mass is 10.1. The van der Waals surface area contributed by atoms with Gasteiger partial charge in [-0.15, -0.1) is 0 Å². The summed E-state index contributed by atoms with van der Waals surface area (Å²) in [5.41, 5.74) is 3.42. The number of pyridine rings is 1. The van der Waals surface area contributed by atoms with Crippen LogP contribution in [0.3, 0.4) is 0 Å². The Bertz CT molecular complexity index is 625. The zero-order valence-corrected chi connectivity index (χ0v) is 10.3. The summed E-state index contributed by atoms with van der Waals surface area (Å²) in [7, 11) is 0. The fourth-order valence-electron chi connectivity index (χ4n) is 1.95. The Kier molecular flexibility index (Phi) is 2.21. The normalized spacial score (nSPS) is 12.0. The van der Waals surface area contributed by atoms with Crippen molar-refractivity contribution in [3.8, 4) is 0 Å². The maximum Gasteiger partial charge on any atom is 0.156 e. The first-order valence-electron chi connectivity index (χ1n) is 6.00. The van der Waals surface area contributed by atoms with E-state index in [0.717, 1.165) is 40.1 Å². The molecular weight excluding hydrogens is 214 g/mol. The van der Waals surface area contributed by atoms with Crippen molar-refractivity contribution < 1.29 is 8.83 Å². The van der Waals surface area contributed by atoms with Gasteiger partial charge in [0.05, 0.1) is 0 Å². The molecule has 0 aliphatic carbocycles. The van der Waals surface area contributed by atoms with Gasteiger partial charge in [-0.2, -0.15) is 0 Å². The first kappa shape index (κ1) is 10.4. The van der Waals surface area contributed by atoms with E-state index in [1.807, 2.05) is 18.2 Å². The van der Waals surface area contributed by atoms with E-state index in [1.54, 1.807) is 0 Å². The summed E-state index contributed by atoms with van der Waals surface area (Å²) >= 11 is 0. The Labute approximate surface area is 99.4 Å². The predicted octanol–water partition coefficient (Wildman–Crippen LogP) is 4.26. The summed E-state index contributed by atoms with van der Waals surface area (Å²) in [5, 5.41) is 0. The van der Waals surface area contributed by atoms with E-state index in [9.17, 15) is 0 Å². The Hall–Kier alpha value is -1.77. The van der Waals surface area contributed by atoms with E-state index < -0.39 is 0 Å².